The lowest BCUT2D eigenvalue weighted by Crippen LogP contribution is -2.57. The Morgan fingerprint density at radius 2 is 1.84 bits per heavy atom. The molecule has 37 heavy (non-hydrogen) atoms. The maximum Gasteiger partial charge on any atom is 0.322 e. The van der Waals surface area contributed by atoms with Gasteiger partial charge in [-0.15, -0.1) is 0 Å². The maximum absolute atomic E-state index is 13.4. The third-order valence-corrected chi connectivity index (χ3v) is 8.63. The summed E-state index contributed by atoms with van der Waals surface area (Å²) in [4.78, 5) is 39.3. The molecule has 0 bridgehead atoms. The SMILES string of the molecule is O=C(c1ccnc(N2CCC(N3Cc4ccccc4NC3=O)CC2)c1)N1CCN2CC(CO)CCC2C1. The lowest BCUT2D eigenvalue weighted by molar-refractivity contribution is 0.0148. The average Bonchev–Trinajstić information content (AvgIpc) is 2.96. The smallest absolute Gasteiger partial charge is 0.322 e. The van der Waals surface area contributed by atoms with Crippen molar-refractivity contribution in [1.29, 1.82) is 0 Å². The molecule has 2 atom stereocenters. The highest BCUT2D eigenvalue weighted by molar-refractivity contribution is 5.95. The zero-order valence-electron chi connectivity index (χ0n) is 21.3. The van der Waals surface area contributed by atoms with Crippen LogP contribution in [0.15, 0.2) is 42.6 Å². The van der Waals surface area contributed by atoms with Gasteiger partial charge in [-0.1, -0.05) is 18.2 Å². The fourth-order valence-electron chi connectivity index (χ4n) is 6.42. The Morgan fingerprint density at radius 1 is 1.00 bits per heavy atom. The normalized spacial score (nSPS) is 24.9. The molecule has 9 heteroatoms. The zero-order chi connectivity index (χ0) is 25.4. The van der Waals surface area contributed by atoms with Gasteiger partial charge in [0.2, 0.25) is 0 Å². The van der Waals surface area contributed by atoms with E-state index < -0.39 is 0 Å². The van der Waals surface area contributed by atoms with E-state index >= 15 is 0 Å². The predicted molar refractivity (Wildman–Crippen MR) is 142 cm³/mol. The van der Waals surface area contributed by atoms with Crippen LogP contribution in [0.5, 0.6) is 0 Å². The molecule has 196 valence electrons. The van der Waals surface area contributed by atoms with Gasteiger partial charge in [0.15, 0.2) is 0 Å². The number of amides is 3. The third kappa shape index (κ3) is 4.90. The lowest BCUT2D eigenvalue weighted by Gasteiger charge is -2.46. The van der Waals surface area contributed by atoms with Gasteiger partial charge in [0, 0.05) is 82.0 Å². The van der Waals surface area contributed by atoms with E-state index in [0.29, 0.717) is 24.1 Å². The summed E-state index contributed by atoms with van der Waals surface area (Å²) in [5, 5.41) is 12.5. The number of aliphatic hydroxyl groups is 1. The number of rotatable bonds is 4. The molecule has 9 nitrogen and oxygen atoms in total. The van der Waals surface area contributed by atoms with Gasteiger partial charge in [0.1, 0.15) is 5.82 Å². The number of aromatic nitrogens is 1. The molecule has 6 rings (SSSR count). The first-order chi connectivity index (χ1) is 18.1. The van der Waals surface area contributed by atoms with Gasteiger partial charge < -0.3 is 25.1 Å². The number of anilines is 2. The van der Waals surface area contributed by atoms with Crippen molar-refractivity contribution < 1.29 is 14.7 Å². The number of carbonyl (C=O) groups excluding carboxylic acids is 2. The predicted octanol–water partition coefficient (Wildman–Crippen LogP) is 2.63. The van der Waals surface area contributed by atoms with Crippen molar-refractivity contribution in [2.45, 2.75) is 44.3 Å². The highest BCUT2D eigenvalue weighted by atomic mass is 16.3. The number of para-hydroxylation sites is 1. The average molecular weight is 505 g/mol. The second kappa shape index (κ2) is 10.3. The first kappa shape index (κ1) is 24.2. The van der Waals surface area contributed by atoms with Gasteiger partial charge in [-0.2, -0.15) is 0 Å². The van der Waals surface area contributed by atoms with Gasteiger partial charge >= 0.3 is 6.03 Å². The molecule has 3 amide bonds. The summed E-state index contributed by atoms with van der Waals surface area (Å²) in [5.41, 5.74) is 2.75. The Balaban J connectivity index is 1.07. The minimum atomic E-state index is -0.0205. The molecule has 0 spiro atoms. The number of piperazine rings is 1. The number of nitrogens with zero attached hydrogens (tertiary/aromatic N) is 5. The van der Waals surface area contributed by atoms with E-state index in [2.05, 4.69) is 26.2 Å². The molecule has 5 heterocycles. The minimum Gasteiger partial charge on any atom is -0.396 e. The summed E-state index contributed by atoms with van der Waals surface area (Å²) >= 11 is 0. The fourth-order valence-corrected chi connectivity index (χ4v) is 6.42. The zero-order valence-corrected chi connectivity index (χ0v) is 21.3. The van der Waals surface area contributed by atoms with Crippen molar-refractivity contribution in [1.82, 2.24) is 19.7 Å². The van der Waals surface area contributed by atoms with E-state index in [9.17, 15) is 14.7 Å². The highest BCUT2D eigenvalue weighted by Gasteiger charge is 2.35. The summed E-state index contributed by atoms with van der Waals surface area (Å²) in [6.45, 7) is 5.77. The number of urea groups is 1. The summed E-state index contributed by atoms with van der Waals surface area (Å²) in [5.74, 6) is 1.27. The first-order valence-corrected chi connectivity index (χ1v) is 13.6. The number of fused-ring (bicyclic) bond motifs is 2. The van der Waals surface area contributed by atoms with E-state index in [1.165, 1.54) is 0 Å². The van der Waals surface area contributed by atoms with Crippen LogP contribution in [0.3, 0.4) is 0 Å². The summed E-state index contributed by atoms with van der Waals surface area (Å²) in [6.07, 6.45) is 5.54. The first-order valence-electron chi connectivity index (χ1n) is 13.6. The van der Waals surface area contributed by atoms with E-state index in [1.54, 1.807) is 6.20 Å². The Bertz CT molecular complexity index is 1150. The van der Waals surface area contributed by atoms with Gasteiger partial charge in [-0.3, -0.25) is 9.69 Å². The lowest BCUT2D eigenvalue weighted by atomic mass is 9.91. The monoisotopic (exact) mass is 504 g/mol. The van der Waals surface area contributed by atoms with E-state index in [1.807, 2.05) is 40.1 Å². The number of benzene rings is 1. The Morgan fingerprint density at radius 3 is 2.68 bits per heavy atom. The van der Waals surface area contributed by atoms with E-state index in [-0.39, 0.29) is 24.6 Å². The molecule has 0 radical (unpaired) electrons. The number of carbonyl (C=O) groups is 2. The number of aliphatic hydroxyl groups excluding tert-OH is 1. The fraction of sp³-hybridized carbons (Fsp3) is 0.536. The van der Waals surface area contributed by atoms with E-state index in [4.69, 9.17) is 0 Å². The highest BCUT2D eigenvalue weighted by Crippen LogP contribution is 2.29. The van der Waals surface area contributed by atoms with Crippen molar-refractivity contribution in [2.75, 3.05) is 56.1 Å². The van der Waals surface area contributed by atoms with E-state index in [0.717, 1.165) is 82.0 Å². The molecule has 2 aromatic rings. The number of nitrogens with one attached hydrogen (secondary N) is 1. The van der Waals surface area contributed by atoms with Crippen molar-refractivity contribution in [2.24, 2.45) is 5.92 Å². The third-order valence-electron chi connectivity index (χ3n) is 8.63. The van der Waals surface area contributed by atoms with Gasteiger partial charge in [0.05, 0.1) is 0 Å². The van der Waals surface area contributed by atoms with Crippen molar-refractivity contribution in [3.63, 3.8) is 0 Å². The quantitative estimate of drug-likeness (QED) is 0.665. The molecule has 4 aliphatic heterocycles. The molecule has 2 N–H and O–H groups in total. The van der Waals surface area contributed by atoms with Gasteiger partial charge in [-0.05, 0) is 55.4 Å². The summed E-state index contributed by atoms with van der Waals surface area (Å²) in [7, 11) is 0. The number of piperidine rings is 2. The standard InChI is InChI=1S/C28H36N6O3/c35-19-20-5-6-24-18-33(14-13-32(24)16-20)27(36)21-7-10-29-26(15-21)31-11-8-23(9-12-31)34-17-22-3-1-2-4-25(22)30-28(34)37/h1-4,7,10,15,20,23-24,35H,5-6,8-9,11-14,16-19H2,(H,30,37). The molecule has 1 aromatic carbocycles. The van der Waals surface area contributed by atoms with Crippen LogP contribution in [-0.2, 0) is 6.54 Å². The maximum atomic E-state index is 13.4. The molecule has 0 aliphatic carbocycles. The molecule has 4 aliphatic rings. The largest absolute Gasteiger partial charge is 0.396 e. The van der Waals surface area contributed by atoms with Crippen LogP contribution < -0.4 is 10.2 Å². The topological polar surface area (TPSA) is 92.2 Å². The molecular weight excluding hydrogens is 468 g/mol. The van der Waals surface area contributed by atoms with Crippen LogP contribution in [-0.4, -0.2) is 94.7 Å². The second-order valence-corrected chi connectivity index (χ2v) is 10.9. The Labute approximate surface area is 218 Å². The minimum absolute atomic E-state index is 0.0205. The van der Waals surface area contributed by atoms with Crippen LogP contribution in [0.2, 0.25) is 0 Å². The molecule has 1 aromatic heterocycles. The van der Waals surface area contributed by atoms with Crippen molar-refractivity contribution >= 4 is 23.4 Å². The molecule has 2 unspecified atom stereocenters. The van der Waals surface area contributed by atoms with Crippen LogP contribution in [0, 0.1) is 5.92 Å². The van der Waals surface area contributed by atoms with Gasteiger partial charge in [-0.25, -0.2) is 9.78 Å². The number of hydrogen-bond donors (Lipinski definition) is 2. The van der Waals surface area contributed by atoms with Crippen LogP contribution in [0.25, 0.3) is 0 Å². The number of hydrogen-bond acceptors (Lipinski definition) is 6. The summed E-state index contributed by atoms with van der Waals surface area (Å²) in [6, 6.07) is 12.3. The number of pyridine rings is 1. The molecule has 3 saturated heterocycles. The van der Waals surface area contributed by atoms with Crippen LogP contribution in [0.1, 0.15) is 41.6 Å². The van der Waals surface area contributed by atoms with Crippen molar-refractivity contribution in [3.05, 3.63) is 53.7 Å². The van der Waals surface area contributed by atoms with Crippen LogP contribution >= 0.6 is 0 Å². The van der Waals surface area contributed by atoms with Crippen LogP contribution in [0.4, 0.5) is 16.3 Å². The van der Waals surface area contributed by atoms with Crippen molar-refractivity contribution in [3.8, 4) is 0 Å². The Hall–Kier alpha value is -3.17. The Kier molecular flexibility index (Phi) is 6.73. The molecule has 3 fully saturated rings. The van der Waals surface area contributed by atoms with Gasteiger partial charge in [0.25, 0.3) is 5.91 Å². The molecule has 0 saturated carbocycles. The second-order valence-electron chi connectivity index (χ2n) is 10.9. The molecular formula is C28H36N6O3. The summed E-state index contributed by atoms with van der Waals surface area (Å²) < 4.78 is 0.